The minimum Gasteiger partial charge on any atom is -0.496 e. The zero-order valence-electron chi connectivity index (χ0n) is 13.6. The van der Waals surface area contributed by atoms with E-state index in [9.17, 15) is 4.79 Å². The predicted molar refractivity (Wildman–Crippen MR) is 96.3 cm³/mol. The zero-order chi connectivity index (χ0) is 16.1. The van der Waals surface area contributed by atoms with Gasteiger partial charge in [-0.1, -0.05) is 36.4 Å². The molecule has 2 rings (SSSR count). The first-order valence-electron chi connectivity index (χ1n) is 7.27. The van der Waals surface area contributed by atoms with Crippen LogP contribution in [0.25, 0.3) is 0 Å². The van der Waals surface area contributed by atoms with Gasteiger partial charge >= 0.3 is 0 Å². The van der Waals surface area contributed by atoms with E-state index in [1.165, 1.54) is 0 Å². The summed E-state index contributed by atoms with van der Waals surface area (Å²) in [4.78, 5) is 12.2. The van der Waals surface area contributed by atoms with Gasteiger partial charge < -0.3 is 15.8 Å². The number of methoxy groups -OCH3 is 1. The van der Waals surface area contributed by atoms with Crippen LogP contribution in [0.3, 0.4) is 0 Å². The Morgan fingerprint density at radius 1 is 1.17 bits per heavy atom. The summed E-state index contributed by atoms with van der Waals surface area (Å²) in [5.74, 6) is 0.690. The van der Waals surface area contributed by atoms with Crippen molar-refractivity contribution in [1.82, 2.24) is 0 Å². The molecule has 1 amide bonds. The fraction of sp³-hybridized carbons (Fsp3) is 0.278. The third kappa shape index (κ3) is 4.71. The Morgan fingerprint density at radius 2 is 1.83 bits per heavy atom. The summed E-state index contributed by atoms with van der Waals surface area (Å²) >= 11 is 0. The Labute approximate surface area is 143 Å². The van der Waals surface area contributed by atoms with Crippen LogP contribution < -0.4 is 15.8 Å². The number of rotatable bonds is 5. The molecule has 0 spiro atoms. The molecule has 0 heterocycles. The van der Waals surface area contributed by atoms with Crippen molar-refractivity contribution in [2.45, 2.75) is 26.3 Å². The number of anilines is 1. The highest BCUT2D eigenvalue weighted by Gasteiger charge is 2.14. The lowest BCUT2D eigenvalue weighted by Gasteiger charge is -2.16. The average Bonchev–Trinajstić information content (AvgIpc) is 2.51. The van der Waals surface area contributed by atoms with E-state index >= 15 is 0 Å². The van der Waals surface area contributed by atoms with Crippen LogP contribution in [0, 0.1) is 13.8 Å². The van der Waals surface area contributed by atoms with Gasteiger partial charge in [-0.3, -0.25) is 4.79 Å². The number of benzene rings is 2. The number of nitrogens with two attached hydrogens (primary N) is 1. The van der Waals surface area contributed by atoms with E-state index in [2.05, 4.69) is 5.32 Å². The number of amides is 1. The van der Waals surface area contributed by atoms with E-state index < -0.39 is 0 Å². The number of hydrogen-bond donors (Lipinski definition) is 2. The van der Waals surface area contributed by atoms with E-state index in [1.807, 2.05) is 56.3 Å². The molecule has 0 aromatic heterocycles. The number of ether oxygens (including phenoxy) is 1. The Kier molecular flexibility index (Phi) is 7.07. The lowest BCUT2D eigenvalue weighted by molar-refractivity contribution is -0.116. The Hall–Kier alpha value is -2.04. The molecule has 0 saturated heterocycles. The molecular weight excluding hydrogens is 312 g/mol. The van der Waals surface area contributed by atoms with Crippen LogP contribution in [0.4, 0.5) is 5.69 Å². The first-order valence-corrected chi connectivity index (χ1v) is 7.27. The van der Waals surface area contributed by atoms with Crippen molar-refractivity contribution in [3.63, 3.8) is 0 Å². The maximum absolute atomic E-state index is 12.2. The summed E-state index contributed by atoms with van der Waals surface area (Å²) in [6.07, 6.45) is 0.236. The van der Waals surface area contributed by atoms with E-state index in [0.717, 1.165) is 28.1 Å². The molecule has 1 atom stereocenters. The second kappa shape index (κ2) is 8.56. The number of carbonyl (C=O) groups excluding carboxylic acids is 1. The summed E-state index contributed by atoms with van der Waals surface area (Å²) in [5.41, 5.74) is 9.76. The van der Waals surface area contributed by atoms with Crippen LogP contribution in [-0.4, -0.2) is 13.0 Å². The highest BCUT2D eigenvalue weighted by Crippen LogP contribution is 2.29. The molecule has 1 unspecified atom stereocenters. The summed E-state index contributed by atoms with van der Waals surface area (Å²) in [6.45, 7) is 3.90. The van der Waals surface area contributed by atoms with Crippen LogP contribution in [0.5, 0.6) is 5.75 Å². The quantitative estimate of drug-likeness (QED) is 0.875. The average molecular weight is 335 g/mol. The molecular formula is C18H23ClN2O2. The first-order chi connectivity index (χ1) is 10.5. The highest BCUT2D eigenvalue weighted by molar-refractivity contribution is 5.92. The van der Waals surface area contributed by atoms with Gasteiger partial charge in [0.1, 0.15) is 5.75 Å². The van der Waals surface area contributed by atoms with Gasteiger partial charge in [0, 0.05) is 23.7 Å². The van der Waals surface area contributed by atoms with E-state index in [0.29, 0.717) is 0 Å². The summed E-state index contributed by atoms with van der Waals surface area (Å²) < 4.78 is 5.37. The summed E-state index contributed by atoms with van der Waals surface area (Å²) in [6, 6.07) is 13.1. The molecule has 0 aliphatic rings. The topological polar surface area (TPSA) is 64.3 Å². The number of halogens is 1. The maximum atomic E-state index is 12.2. The van der Waals surface area contributed by atoms with E-state index in [4.69, 9.17) is 10.5 Å². The number of nitrogens with one attached hydrogen (secondary N) is 1. The monoisotopic (exact) mass is 334 g/mol. The van der Waals surface area contributed by atoms with Crippen LogP contribution in [0.2, 0.25) is 0 Å². The third-order valence-corrected chi connectivity index (χ3v) is 3.71. The van der Waals surface area contributed by atoms with Gasteiger partial charge in [0.15, 0.2) is 0 Å². The van der Waals surface area contributed by atoms with Crippen LogP contribution >= 0.6 is 12.4 Å². The van der Waals surface area contributed by atoms with Gasteiger partial charge in [0.25, 0.3) is 0 Å². The summed E-state index contributed by atoms with van der Waals surface area (Å²) in [5, 5.41) is 2.91. The first kappa shape index (κ1) is 19.0. The van der Waals surface area contributed by atoms with Crippen LogP contribution in [0.1, 0.15) is 29.2 Å². The minimum absolute atomic E-state index is 0. The maximum Gasteiger partial charge on any atom is 0.226 e. The van der Waals surface area contributed by atoms with Crippen molar-refractivity contribution >= 4 is 24.0 Å². The molecule has 0 aliphatic carbocycles. The highest BCUT2D eigenvalue weighted by atomic mass is 35.5. The summed E-state index contributed by atoms with van der Waals surface area (Å²) in [7, 11) is 1.63. The van der Waals surface area contributed by atoms with Gasteiger partial charge in [-0.25, -0.2) is 0 Å². The molecule has 0 aliphatic heterocycles. The number of hydrogen-bond acceptors (Lipinski definition) is 3. The molecule has 23 heavy (non-hydrogen) atoms. The largest absolute Gasteiger partial charge is 0.496 e. The van der Waals surface area contributed by atoms with Gasteiger partial charge in [-0.15, -0.1) is 12.4 Å². The Morgan fingerprint density at radius 3 is 2.43 bits per heavy atom. The lowest BCUT2D eigenvalue weighted by atomic mass is 10.0. The fourth-order valence-corrected chi connectivity index (χ4v) is 2.50. The second-order valence-electron chi connectivity index (χ2n) is 5.36. The zero-order valence-corrected chi connectivity index (χ0v) is 14.4. The molecule has 0 fully saturated rings. The van der Waals surface area contributed by atoms with Crippen LogP contribution in [0.15, 0.2) is 42.5 Å². The molecule has 2 aromatic rings. The van der Waals surface area contributed by atoms with E-state index in [1.54, 1.807) is 7.11 Å². The molecule has 4 nitrogen and oxygen atoms in total. The molecule has 0 bridgehead atoms. The molecule has 124 valence electrons. The van der Waals surface area contributed by atoms with Crippen molar-refractivity contribution < 1.29 is 9.53 Å². The third-order valence-electron chi connectivity index (χ3n) is 3.71. The Balaban J connectivity index is 0.00000264. The van der Waals surface area contributed by atoms with Gasteiger partial charge in [0.05, 0.1) is 7.11 Å². The molecule has 2 aromatic carbocycles. The predicted octanol–water partition coefficient (Wildman–Crippen LogP) is 3.76. The number of aryl methyl sites for hydroxylation is 1. The van der Waals surface area contributed by atoms with Gasteiger partial charge in [-0.2, -0.15) is 0 Å². The van der Waals surface area contributed by atoms with Gasteiger partial charge in [0.2, 0.25) is 5.91 Å². The van der Waals surface area contributed by atoms with Crippen molar-refractivity contribution in [2.24, 2.45) is 5.73 Å². The molecule has 0 saturated carbocycles. The molecule has 5 heteroatoms. The van der Waals surface area contributed by atoms with Crippen molar-refractivity contribution in [2.75, 3.05) is 12.4 Å². The number of carbonyl (C=O) groups is 1. The molecule has 0 radical (unpaired) electrons. The normalized spacial score (nSPS) is 11.3. The van der Waals surface area contributed by atoms with Crippen LogP contribution in [-0.2, 0) is 4.79 Å². The smallest absolute Gasteiger partial charge is 0.226 e. The fourth-order valence-electron chi connectivity index (χ4n) is 2.50. The Bertz CT molecular complexity index is 660. The SMILES string of the molecule is COc1c(C)ccc(NC(=O)CC(N)c2ccccc2)c1C.Cl. The van der Waals surface area contributed by atoms with Gasteiger partial charge in [-0.05, 0) is 31.0 Å². The minimum atomic E-state index is -0.311. The van der Waals surface area contributed by atoms with Crippen molar-refractivity contribution in [1.29, 1.82) is 0 Å². The standard InChI is InChI=1S/C18H22N2O2.ClH/c1-12-9-10-16(13(2)18(12)22-3)20-17(21)11-15(19)14-7-5-4-6-8-14;/h4-10,15H,11,19H2,1-3H3,(H,20,21);1H. The van der Waals surface area contributed by atoms with Crippen molar-refractivity contribution in [3.05, 3.63) is 59.2 Å². The lowest BCUT2D eigenvalue weighted by Crippen LogP contribution is -2.21. The molecule has 3 N–H and O–H groups in total. The van der Waals surface area contributed by atoms with E-state index in [-0.39, 0.29) is 30.8 Å². The van der Waals surface area contributed by atoms with Crippen molar-refractivity contribution in [3.8, 4) is 5.75 Å². The second-order valence-corrected chi connectivity index (χ2v) is 5.36.